The second kappa shape index (κ2) is 5.91. The molecule has 0 aliphatic carbocycles. The number of carboxylic acid groups (broad SMARTS) is 1. The molecule has 1 unspecified atom stereocenters. The standard InChI is InChI=1S/C12H9FINO3S/c1-19-12(11(16)17)18-10-3-6-2-7(14)5-15-9(6)4-8(10)13/h2-5,12H,1H3,(H,16,17). The number of pyridine rings is 1. The molecule has 1 N–H and O–H groups in total. The third kappa shape index (κ3) is 3.27. The molecule has 1 atom stereocenters. The zero-order valence-electron chi connectivity index (χ0n) is 9.76. The first kappa shape index (κ1) is 14.3. The average molecular weight is 393 g/mol. The highest BCUT2D eigenvalue weighted by molar-refractivity contribution is 14.1. The van der Waals surface area contributed by atoms with Gasteiger partial charge in [-0.2, -0.15) is 0 Å². The summed E-state index contributed by atoms with van der Waals surface area (Å²) < 4.78 is 19.9. The van der Waals surface area contributed by atoms with Crippen molar-refractivity contribution < 1.29 is 19.0 Å². The van der Waals surface area contributed by atoms with Crippen molar-refractivity contribution in [2.24, 2.45) is 0 Å². The predicted molar refractivity (Wildman–Crippen MR) is 80.0 cm³/mol. The number of aromatic nitrogens is 1. The summed E-state index contributed by atoms with van der Waals surface area (Å²) in [7, 11) is 0. The Morgan fingerprint density at radius 2 is 2.26 bits per heavy atom. The van der Waals surface area contributed by atoms with E-state index in [0.717, 1.165) is 15.3 Å². The summed E-state index contributed by atoms with van der Waals surface area (Å²) in [6.45, 7) is 0. The molecule has 0 amide bonds. The number of hydrogen-bond donors (Lipinski definition) is 1. The zero-order chi connectivity index (χ0) is 14.0. The van der Waals surface area contributed by atoms with Crippen LogP contribution in [0.2, 0.25) is 0 Å². The molecule has 1 aromatic carbocycles. The molecule has 100 valence electrons. The maximum Gasteiger partial charge on any atom is 0.355 e. The van der Waals surface area contributed by atoms with Gasteiger partial charge in [0.1, 0.15) is 0 Å². The number of rotatable bonds is 4. The SMILES string of the molecule is CSC(Oc1cc2cc(I)cnc2cc1F)C(=O)O. The van der Waals surface area contributed by atoms with Gasteiger partial charge in [-0.05, 0) is 41.0 Å². The zero-order valence-corrected chi connectivity index (χ0v) is 12.7. The van der Waals surface area contributed by atoms with Gasteiger partial charge in [0.15, 0.2) is 11.6 Å². The first-order valence-electron chi connectivity index (χ1n) is 5.18. The summed E-state index contributed by atoms with van der Waals surface area (Å²) >= 11 is 3.08. The van der Waals surface area contributed by atoms with Gasteiger partial charge in [-0.15, -0.1) is 11.8 Å². The smallest absolute Gasteiger partial charge is 0.355 e. The molecule has 0 spiro atoms. The van der Waals surface area contributed by atoms with E-state index in [2.05, 4.69) is 27.6 Å². The summed E-state index contributed by atoms with van der Waals surface area (Å²) in [6.07, 6.45) is 3.22. The molecule has 0 radical (unpaired) electrons. The molecule has 0 aliphatic heterocycles. The minimum Gasteiger partial charge on any atom is -0.478 e. The topological polar surface area (TPSA) is 59.4 Å². The second-order valence-electron chi connectivity index (χ2n) is 3.65. The molecule has 0 bridgehead atoms. The van der Waals surface area contributed by atoms with E-state index in [1.165, 1.54) is 12.1 Å². The van der Waals surface area contributed by atoms with Crippen LogP contribution in [0.4, 0.5) is 4.39 Å². The maximum atomic E-state index is 13.8. The largest absolute Gasteiger partial charge is 0.478 e. The maximum absolute atomic E-state index is 13.8. The first-order chi connectivity index (χ1) is 9.01. The van der Waals surface area contributed by atoms with Crippen molar-refractivity contribution in [3.63, 3.8) is 0 Å². The number of carbonyl (C=O) groups is 1. The van der Waals surface area contributed by atoms with Crippen molar-refractivity contribution in [3.8, 4) is 5.75 Å². The molecule has 4 nitrogen and oxygen atoms in total. The number of hydrogen-bond acceptors (Lipinski definition) is 4. The molecule has 19 heavy (non-hydrogen) atoms. The lowest BCUT2D eigenvalue weighted by atomic mass is 10.2. The average Bonchev–Trinajstić information content (AvgIpc) is 2.36. The van der Waals surface area contributed by atoms with Crippen LogP contribution in [0.1, 0.15) is 0 Å². The van der Waals surface area contributed by atoms with Crippen molar-refractivity contribution in [1.82, 2.24) is 4.98 Å². The fourth-order valence-electron chi connectivity index (χ4n) is 1.51. The van der Waals surface area contributed by atoms with E-state index in [1.807, 2.05) is 6.07 Å². The minimum atomic E-state index is -1.15. The van der Waals surface area contributed by atoms with Gasteiger partial charge in [-0.1, -0.05) is 0 Å². The van der Waals surface area contributed by atoms with Crippen molar-refractivity contribution in [3.05, 3.63) is 33.8 Å². The molecule has 2 rings (SSSR count). The van der Waals surface area contributed by atoms with Crippen LogP contribution < -0.4 is 4.74 Å². The highest BCUT2D eigenvalue weighted by Crippen LogP contribution is 2.27. The van der Waals surface area contributed by atoms with Gasteiger partial charge in [0.2, 0.25) is 5.44 Å². The number of fused-ring (bicyclic) bond motifs is 1. The summed E-state index contributed by atoms with van der Waals surface area (Å²) in [5, 5.41) is 9.60. The Labute approximate surface area is 126 Å². The monoisotopic (exact) mass is 393 g/mol. The number of ether oxygens (including phenoxy) is 1. The van der Waals surface area contributed by atoms with Gasteiger partial charge < -0.3 is 9.84 Å². The van der Waals surface area contributed by atoms with Crippen LogP contribution in [0.15, 0.2) is 24.4 Å². The van der Waals surface area contributed by atoms with E-state index < -0.39 is 17.2 Å². The highest BCUT2D eigenvalue weighted by Gasteiger charge is 2.20. The van der Waals surface area contributed by atoms with Gasteiger partial charge in [0, 0.05) is 21.2 Å². The number of carboxylic acids is 1. The summed E-state index contributed by atoms with van der Waals surface area (Å²) in [6, 6.07) is 4.52. The Hall–Kier alpha value is -1.09. The quantitative estimate of drug-likeness (QED) is 0.639. The van der Waals surface area contributed by atoms with E-state index in [1.54, 1.807) is 12.5 Å². The Morgan fingerprint density at radius 1 is 1.53 bits per heavy atom. The van der Waals surface area contributed by atoms with E-state index >= 15 is 0 Å². The van der Waals surface area contributed by atoms with E-state index in [-0.39, 0.29) is 5.75 Å². The van der Waals surface area contributed by atoms with Crippen LogP contribution in [0.5, 0.6) is 5.75 Å². The van der Waals surface area contributed by atoms with Crippen LogP contribution in [0, 0.1) is 9.39 Å². The predicted octanol–water partition coefficient (Wildman–Crippen LogP) is 3.13. The van der Waals surface area contributed by atoms with Crippen LogP contribution >= 0.6 is 34.4 Å². The number of aliphatic carboxylic acids is 1. The summed E-state index contributed by atoms with van der Waals surface area (Å²) in [5.74, 6) is -1.85. The molecule has 1 aromatic heterocycles. The van der Waals surface area contributed by atoms with Crippen molar-refractivity contribution in [2.45, 2.75) is 5.44 Å². The Bertz CT molecular complexity index is 638. The second-order valence-corrected chi connectivity index (χ2v) is 5.80. The van der Waals surface area contributed by atoms with E-state index in [4.69, 9.17) is 9.84 Å². The summed E-state index contributed by atoms with van der Waals surface area (Å²) in [4.78, 5) is 15.0. The fourth-order valence-corrected chi connectivity index (χ4v) is 2.38. The van der Waals surface area contributed by atoms with Gasteiger partial charge >= 0.3 is 5.97 Å². The lowest BCUT2D eigenvalue weighted by molar-refractivity contribution is -0.140. The third-order valence-electron chi connectivity index (χ3n) is 2.35. The third-order valence-corrected chi connectivity index (χ3v) is 3.67. The minimum absolute atomic E-state index is 0.0851. The van der Waals surface area contributed by atoms with E-state index in [0.29, 0.717) is 10.9 Å². The Morgan fingerprint density at radius 3 is 2.89 bits per heavy atom. The molecule has 0 aliphatic rings. The number of nitrogens with zero attached hydrogens (tertiary/aromatic N) is 1. The van der Waals surface area contributed by atoms with Crippen molar-refractivity contribution in [2.75, 3.05) is 6.26 Å². The number of thioether (sulfide) groups is 1. The lowest BCUT2D eigenvalue weighted by Crippen LogP contribution is -2.23. The van der Waals surface area contributed by atoms with Crippen LogP contribution in [0.25, 0.3) is 10.9 Å². The van der Waals surface area contributed by atoms with Gasteiger partial charge in [0.05, 0.1) is 5.52 Å². The lowest BCUT2D eigenvalue weighted by Gasteiger charge is -2.13. The molecule has 1 heterocycles. The number of halogens is 2. The molecule has 0 saturated heterocycles. The van der Waals surface area contributed by atoms with E-state index in [9.17, 15) is 9.18 Å². The molecule has 7 heteroatoms. The first-order valence-corrected chi connectivity index (χ1v) is 7.55. The van der Waals surface area contributed by atoms with Crippen molar-refractivity contribution in [1.29, 1.82) is 0 Å². The normalized spacial score (nSPS) is 12.4. The Kier molecular flexibility index (Phi) is 4.46. The van der Waals surface area contributed by atoms with Gasteiger partial charge in [-0.25, -0.2) is 9.18 Å². The van der Waals surface area contributed by atoms with Crippen LogP contribution in [-0.4, -0.2) is 27.8 Å². The van der Waals surface area contributed by atoms with Crippen molar-refractivity contribution >= 4 is 51.2 Å². The number of benzene rings is 1. The molecule has 0 saturated carbocycles. The summed E-state index contributed by atoms with van der Waals surface area (Å²) in [5.41, 5.74) is -0.635. The fraction of sp³-hybridized carbons (Fsp3) is 0.167. The van der Waals surface area contributed by atoms with Crippen LogP contribution in [0.3, 0.4) is 0 Å². The Balaban J connectivity index is 2.42. The molecule has 2 aromatic rings. The molecule has 0 fully saturated rings. The van der Waals surface area contributed by atoms with Crippen LogP contribution in [-0.2, 0) is 4.79 Å². The van der Waals surface area contributed by atoms with Gasteiger partial charge in [0.25, 0.3) is 0 Å². The highest BCUT2D eigenvalue weighted by atomic mass is 127. The molecular weight excluding hydrogens is 384 g/mol. The van der Waals surface area contributed by atoms with Gasteiger partial charge in [-0.3, -0.25) is 4.98 Å². The molecular formula is C12H9FINO3S.